The van der Waals surface area contributed by atoms with Gasteiger partial charge in [-0.25, -0.2) is 4.79 Å². The number of nitrogens with one attached hydrogen (secondary N) is 1. The fraction of sp³-hybridized carbons (Fsp3) is 0.250. The van der Waals surface area contributed by atoms with E-state index < -0.39 is 0 Å². The Hall–Kier alpha value is -2.71. The molecule has 1 saturated heterocycles. The van der Waals surface area contributed by atoms with Crippen molar-refractivity contribution in [2.75, 3.05) is 31.3 Å². The smallest absolute Gasteiger partial charge is 0.321 e. The van der Waals surface area contributed by atoms with Gasteiger partial charge in [-0.05, 0) is 42.0 Å². The van der Waals surface area contributed by atoms with Crippen molar-refractivity contribution in [1.29, 1.82) is 0 Å². The van der Waals surface area contributed by atoms with Crippen molar-refractivity contribution in [2.24, 2.45) is 0 Å². The van der Waals surface area contributed by atoms with E-state index >= 15 is 0 Å². The Bertz CT molecular complexity index is 874. The van der Waals surface area contributed by atoms with Gasteiger partial charge in [-0.15, -0.1) is 0 Å². The average molecular weight is 434 g/mol. The number of hydrogen-bond donors (Lipinski definition) is 1. The Balaban J connectivity index is 1.45. The summed E-state index contributed by atoms with van der Waals surface area (Å²) in [7, 11) is 1.68. The van der Waals surface area contributed by atoms with E-state index in [1.165, 1.54) is 9.80 Å². The quantitative estimate of drug-likeness (QED) is 0.711. The van der Waals surface area contributed by atoms with Gasteiger partial charge in [0.05, 0.1) is 18.8 Å². The molecule has 2 aromatic carbocycles. The molecule has 152 valence electrons. The molecule has 0 bridgehead atoms. The van der Waals surface area contributed by atoms with Crippen LogP contribution in [0.1, 0.15) is 5.56 Å². The molecule has 0 radical (unpaired) electrons. The third-order valence-electron chi connectivity index (χ3n) is 4.24. The average Bonchev–Trinajstić information content (AvgIpc) is 3.02. The van der Waals surface area contributed by atoms with E-state index in [0.29, 0.717) is 29.6 Å². The van der Waals surface area contributed by atoms with Crippen LogP contribution < -0.4 is 10.1 Å². The number of imide groups is 1. The van der Waals surface area contributed by atoms with Gasteiger partial charge in [-0.2, -0.15) is 0 Å². The minimum atomic E-state index is -0.265. The lowest BCUT2D eigenvalue weighted by Crippen LogP contribution is -2.34. The fourth-order valence-corrected chi connectivity index (χ4v) is 3.41. The predicted molar refractivity (Wildman–Crippen MR) is 113 cm³/mol. The van der Waals surface area contributed by atoms with Crippen LogP contribution in [0.5, 0.6) is 5.75 Å². The summed E-state index contributed by atoms with van der Waals surface area (Å²) in [4.78, 5) is 38.4. The Morgan fingerprint density at radius 1 is 1.17 bits per heavy atom. The summed E-state index contributed by atoms with van der Waals surface area (Å²) < 4.78 is 5.59. The van der Waals surface area contributed by atoms with Gasteiger partial charge in [-0.1, -0.05) is 35.5 Å². The zero-order chi connectivity index (χ0) is 20.8. The van der Waals surface area contributed by atoms with E-state index in [9.17, 15) is 14.4 Å². The fourth-order valence-electron chi connectivity index (χ4n) is 2.56. The lowest BCUT2D eigenvalue weighted by atomic mass is 10.2. The van der Waals surface area contributed by atoms with Gasteiger partial charge < -0.3 is 15.0 Å². The van der Waals surface area contributed by atoms with Crippen LogP contribution in [-0.4, -0.2) is 52.9 Å². The second-order valence-corrected chi connectivity index (χ2v) is 7.75. The molecule has 1 fully saturated rings. The van der Waals surface area contributed by atoms with Crippen molar-refractivity contribution in [1.82, 2.24) is 9.80 Å². The first kappa shape index (κ1) is 21.0. The number of anilines is 1. The Morgan fingerprint density at radius 2 is 1.86 bits per heavy atom. The molecule has 0 atom stereocenters. The molecule has 1 N–H and O–H groups in total. The van der Waals surface area contributed by atoms with Crippen LogP contribution >= 0.6 is 23.4 Å². The second-order valence-electron chi connectivity index (χ2n) is 6.39. The largest absolute Gasteiger partial charge is 0.492 e. The monoisotopic (exact) mass is 433 g/mol. The number of urea groups is 1. The van der Waals surface area contributed by atoms with Gasteiger partial charge >= 0.3 is 6.03 Å². The summed E-state index contributed by atoms with van der Waals surface area (Å²) in [6, 6.07) is 13.8. The third kappa shape index (κ3) is 5.88. The van der Waals surface area contributed by atoms with Crippen molar-refractivity contribution < 1.29 is 19.1 Å². The summed E-state index contributed by atoms with van der Waals surface area (Å²) in [6.07, 6.45) is 0. The highest BCUT2D eigenvalue weighted by atomic mass is 35.5. The summed E-state index contributed by atoms with van der Waals surface area (Å²) >= 11 is 6.84. The van der Waals surface area contributed by atoms with Crippen LogP contribution in [0.15, 0.2) is 48.5 Å². The normalized spacial score (nSPS) is 13.5. The van der Waals surface area contributed by atoms with E-state index in [1.54, 1.807) is 55.6 Å². The van der Waals surface area contributed by atoms with E-state index in [-0.39, 0.29) is 29.5 Å². The SMILES string of the molecule is CN(CCOc1ccc(Cl)cc1)C(=O)Nc1ccc(CN2C(=O)CSC2=O)cc1. The molecule has 2 aromatic rings. The van der Waals surface area contributed by atoms with E-state index in [0.717, 1.165) is 17.3 Å². The van der Waals surface area contributed by atoms with Gasteiger partial charge in [0, 0.05) is 17.8 Å². The number of carbonyl (C=O) groups is 3. The zero-order valence-corrected chi connectivity index (χ0v) is 17.3. The number of benzene rings is 2. The molecule has 1 aliphatic rings. The molecule has 9 heteroatoms. The van der Waals surface area contributed by atoms with Crippen molar-refractivity contribution in [3.05, 3.63) is 59.1 Å². The van der Waals surface area contributed by atoms with Crippen LogP contribution in [0.3, 0.4) is 0 Å². The Kier molecular flexibility index (Phi) is 7.00. The molecule has 29 heavy (non-hydrogen) atoms. The molecule has 3 rings (SSSR count). The highest BCUT2D eigenvalue weighted by molar-refractivity contribution is 8.14. The number of likely N-dealkylation sites (N-methyl/N-ethyl adjacent to an activating group) is 1. The van der Waals surface area contributed by atoms with Crippen LogP contribution in [0.25, 0.3) is 0 Å². The van der Waals surface area contributed by atoms with Crippen LogP contribution in [0, 0.1) is 0 Å². The first-order chi connectivity index (χ1) is 13.9. The molecule has 0 aromatic heterocycles. The first-order valence-corrected chi connectivity index (χ1v) is 10.3. The minimum Gasteiger partial charge on any atom is -0.492 e. The number of halogens is 1. The van der Waals surface area contributed by atoms with Crippen molar-refractivity contribution >= 4 is 46.2 Å². The number of nitrogens with zero attached hydrogens (tertiary/aromatic N) is 2. The number of carbonyl (C=O) groups excluding carboxylic acids is 3. The molecule has 7 nitrogen and oxygen atoms in total. The zero-order valence-electron chi connectivity index (χ0n) is 15.8. The predicted octanol–water partition coefficient (Wildman–Crippen LogP) is 4.08. The maximum Gasteiger partial charge on any atom is 0.321 e. The van der Waals surface area contributed by atoms with Crippen LogP contribution in [-0.2, 0) is 11.3 Å². The molecule has 1 aliphatic heterocycles. The summed E-state index contributed by atoms with van der Waals surface area (Å²) in [6.45, 7) is 0.991. The number of rotatable bonds is 7. The van der Waals surface area contributed by atoms with Gasteiger partial charge in [0.1, 0.15) is 12.4 Å². The highest BCUT2D eigenvalue weighted by Crippen LogP contribution is 2.22. The van der Waals surface area contributed by atoms with Crippen molar-refractivity contribution in [3.63, 3.8) is 0 Å². The van der Waals surface area contributed by atoms with Crippen LogP contribution in [0.2, 0.25) is 5.02 Å². The standard InChI is InChI=1S/C20H20ClN3O4S/c1-23(10-11-28-17-8-4-15(21)5-9-17)19(26)22-16-6-2-14(3-7-16)12-24-18(25)13-29-20(24)27/h2-9H,10-13H2,1H3,(H,22,26). The van der Waals surface area contributed by atoms with Gasteiger partial charge in [0.25, 0.3) is 5.24 Å². The van der Waals surface area contributed by atoms with E-state index in [1.807, 2.05) is 0 Å². The Morgan fingerprint density at radius 3 is 2.48 bits per heavy atom. The van der Waals surface area contributed by atoms with E-state index in [4.69, 9.17) is 16.3 Å². The van der Waals surface area contributed by atoms with E-state index in [2.05, 4.69) is 5.32 Å². The lowest BCUT2D eigenvalue weighted by molar-refractivity contribution is -0.125. The molecule has 4 amide bonds. The number of amides is 4. The van der Waals surface area contributed by atoms with Gasteiger partial charge in [0.15, 0.2) is 0 Å². The number of thioether (sulfide) groups is 1. The summed E-state index contributed by atoms with van der Waals surface area (Å²) in [5.74, 6) is 0.702. The summed E-state index contributed by atoms with van der Waals surface area (Å²) in [5, 5.41) is 3.21. The molecule has 1 heterocycles. The number of hydrogen-bond acceptors (Lipinski definition) is 5. The third-order valence-corrected chi connectivity index (χ3v) is 5.35. The van der Waals surface area contributed by atoms with Crippen molar-refractivity contribution in [2.45, 2.75) is 6.54 Å². The molecular formula is C20H20ClN3O4S. The lowest BCUT2D eigenvalue weighted by Gasteiger charge is -2.18. The maximum absolute atomic E-state index is 12.3. The summed E-state index contributed by atoms with van der Waals surface area (Å²) in [5.41, 5.74) is 1.44. The molecule has 0 unspecified atom stereocenters. The molecule has 0 saturated carbocycles. The first-order valence-electron chi connectivity index (χ1n) is 8.89. The van der Waals surface area contributed by atoms with Gasteiger partial charge in [-0.3, -0.25) is 14.5 Å². The van der Waals surface area contributed by atoms with Crippen molar-refractivity contribution in [3.8, 4) is 5.75 Å². The molecule has 0 spiro atoms. The Labute approximate surface area is 177 Å². The number of ether oxygens (including phenoxy) is 1. The minimum absolute atomic E-state index is 0.181. The molecular weight excluding hydrogens is 414 g/mol. The topological polar surface area (TPSA) is 79.0 Å². The maximum atomic E-state index is 12.3. The second kappa shape index (κ2) is 9.67. The van der Waals surface area contributed by atoms with Gasteiger partial charge in [0.2, 0.25) is 5.91 Å². The highest BCUT2D eigenvalue weighted by Gasteiger charge is 2.29. The molecule has 0 aliphatic carbocycles. The van der Waals surface area contributed by atoms with Crippen LogP contribution in [0.4, 0.5) is 15.3 Å².